The van der Waals surface area contributed by atoms with Gasteiger partial charge >= 0.3 is 0 Å². The van der Waals surface area contributed by atoms with E-state index in [0.717, 1.165) is 34.4 Å². The second-order valence-electron chi connectivity index (χ2n) is 4.04. The van der Waals surface area contributed by atoms with Gasteiger partial charge in [0.25, 0.3) is 0 Å². The lowest BCUT2D eigenvalue weighted by Crippen LogP contribution is -2.20. The molecule has 0 aliphatic rings. The Morgan fingerprint density at radius 3 is 2.44 bits per heavy atom. The number of aryl methyl sites for hydroxylation is 1. The molecule has 0 saturated heterocycles. The van der Waals surface area contributed by atoms with E-state index in [1.165, 1.54) is 0 Å². The van der Waals surface area contributed by atoms with Gasteiger partial charge in [-0.1, -0.05) is 0 Å². The first-order chi connectivity index (χ1) is 7.52. The topological polar surface area (TPSA) is 29.5 Å². The summed E-state index contributed by atoms with van der Waals surface area (Å²) in [7, 11) is 3.60. The summed E-state index contributed by atoms with van der Waals surface area (Å²) in [6, 6.07) is 2.06. The molecule has 1 rings (SSSR count). The minimum absolute atomic E-state index is 0.409. The monoisotopic (exact) mass is 221 g/mol. The molecule has 1 aromatic rings. The van der Waals surface area contributed by atoms with Crippen LogP contribution in [0.4, 0.5) is 5.69 Å². The molecule has 0 aliphatic heterocycles. The highest BCUT2D eigenvalue weighted by atomic mass is 16.5. The molecule has 0 saturated carbocycles. The van der Waals surface area contributed by atoms with E-state index >= 15 is 0 Å². The number of nitrogens with zero attached hydrogens (tertiary/aromatic N) is 1. The van der Waals surface area contributed by atoms with E-state index in [1.807, 2.05) is 32.7 Å². The maximum Gasteiger partial charge on any atom is 0.139 e. The van der Waals surface area contributed by atoms with Crippen LogP contribution >= 0.6 is 0 Å². The van der Waals surface area contributed by atoms with Crippen LogP contribution in [0.15, 0.2) is 6.07 Å². The molecule has 0 fully saturated rings. The molecular weight excluding hydrogens is 202 g/mol. The van der Waals surface area contributed by atoms with Crippen LogP contribution < -0.4 is 9.64 Å². The number of likely N-dealkylation sites (N-methyl/N-ethyl adjacent to an activating group) is 1. The molecule has 3 nitrogen and oxygen atoms in total. The van der Waals surface area contributed by atoms with Gasteiger partial charge in [-0.05, 0) is 43.5 Å². The fourth-order valence-corrected chi connectivity index (χ4v) is 1.96. The molecule has 0 N–H and O–H groups in total. The molecule has 0 spiro atoms. The molecule has 0 radical (unpaired) electrons. The Kier molecular flexibility index (Phi) is 3.93. The third kappa shape index (κ3) is 2.18. The molecule has 1 aromatic carbocycles. The van der Waals surface area contributed by atoms with Gasteiger partial charge in [0.2, 0.25) is 0 Å². The van der Waals surface area contributed by atoms with Crippen LogP contribution in [0.2, 0.25) is 0 Å². The van der Waals surface area contributed by atoms with Gasteiger partial charge in [0.05, 0.1) is 13.7 Å². The zero-order valence-corrected chi connectivity index (χ0v) is 10.6. The minimum atomic E-state index is 0.409. The van der Waals surface area contributed by atoms with Crippen molar-refractivity contribution in [3.63, 3.8) is 0 Å². The summed E-state index contributed by atoms with van der Waals surface area (Å²) in [6.45, 7) is 6.52. The Labute approximate surface area is 97.0 Å². The maximum atomic E-state index is 10.5. The van der Waals surface area contributed by atoms with Gasteiger partial charge < -0.3 is 14.4 Å². The van der Waals surface area contributed by atoms with E-state index in [-0.39, 0.29) is 0 Å². The summed E-state index contributed by atoms with van der Waals surface area (Å²) in [6.07, 6.45) is 0.911. The van der Waals surface area contributed by atoms with Gasteiger partial charge in [-0.3, -0.25) is 0 Å². The predicted octanol–water partition coefficient (Wildman–Crippen LogP) is 2.26. The average Bonchev–Trinajstić information content (AvgIpc) is 2.24. The van der Waals surface area contributed by atoms with Crippen molar-refractivity contribution in [1.29, 1.82) is 0 Å². The Morgan fingerprint density at radius 2 is 1.94 bits per heavy atom. The zero-order valence-electron chi connectivity index (χ0n) is 10.6. The van der Waals surface area contributed by atoms with Gasteiger partial charge in [-0.2, -0.15) is 0 Å². The lowest BCUT2D eigenvalue weighted by Gasteiger charge is -2.22. The van der Waals surface area contributed by atoms with Crippen LogP contribution in [0, 0.1) is 20.8 Å². The van der Waals surface area contributed by atoms with Crippen molar-refractivity contribution in [2.75, 3.05) is 25.6 Å². The van der Waals surface area contributed by atoms with E-state index in [0.29, 0.717) is 6.54 Å². The molecule has 0 aromatic heterocycles. The highest BCUT2D eigenvalue weighted by molar-refractivity contribution is 5.67. The Bertz CT molecular complexity index is 399. The largest absolute Gasteiger partial charge is 0.496 e. The Balaban J connectivity index is 3.27. The first-order valence-corrected chi connectivity index (χ1v) is 5.32. The van der Waals surface area contributed by atoms with Crippen molar-refractivity contribution in [3.8, 4) is 5.75 Å². The van der Waals surface area contributed by atoms with Crippen LogP contribution in [0.5, 0.6) is 5.75 Å². The lowest BCUT2D eigenvalue weighted by atomic mass is 10.0. The number of methoxy groups -OCH3 is 1. The van der Waals surface area contributed by atoms with Crippen molar-refractivity contribution < 1.29 is 9.53 Å². The third-order valence-electron chi connectivity index (χ3n) is 2.96. The fraction of sp³-hybridized carbons (Fsp3) is 0.462. The van der Waals surface area contributed by atoms with Crippen molar-refractivity contribution >= 4 is 12.0 Å². The number of hydrogen-bond donors (Lipinski definition) is 0. The van der Waals surface area contributed by atoms with E-state index < -0.39 is 0 Å². The molecule has 0 heterocycles. The standard InChI is InChI=1S/C13H19NO2/c1-9-8-12(14(4)6-7-15)10(2)11(3)13(9)16-5/h7-8H,6H2,1-5H3. The SMILES string of the molecule is COc1c(C)cc(N(C)CC=O)c(C)c1C. The molecule has 0 unspecified atom stereocenters. The summed E-state index contributed by atoms with van der Waals surface area (Å²) < 4.78 is 5.36. The number of ether oxygens (including phenoxy) is 1. The molecule has 0 aliphatic carbocycles. The molecule has 88 valence electrons. The number of carbonyl (C=O) groups excluding carboxylic acids is 1. The number of aldehydes is 1. The Morgan fingerprint density at radius 1 is 1.31 bits per heavy atom. The van der Waals surface area contributed by atoms with Crippen LogP contribution in [-0.2, 0) is 4.79 Å². The minimum Gasteiger partial charge on any atom is -0.496 e. The highest BCUT2D eigenvalue weighted by Crippen LogP contribution is 2.32. The maximum absolute atomic E-state index is 10.5. The summed E-state index contributed by atoms with van der Waals surface area (Å²) >= 11 is 0. The average molecular weight is 221 g/mol. The first kappa shape index (κ1) is 12.6. The molecule has 3 heteroatoms. The van der Waals surface area contributed by atoms with E-state index in [1.54, 1.807) is 7.11 Å². The number of hydrogen-bond acceptors (Lipinski definition) is 3. The van der Waals surface area contributed by atoms with E-state index in [4.69, 9.17) is 4.74 Å². The van der Waals surface area contributed by atoms with Crippen LogP contribution in [0.3, 0.4) is 0 Å². The number of benzene rings is 1. The van der Waals surface area contributed by atoms with Gasteiger partial charge in [0.1, 0.15) is 12.0 Å². The van der Waals surface area contributed by atoms with Crippen molar-refractivity contribution in [2.24, 2.45) is 0 Å². The second kappa shape index (κ2) is 5.01. The highest BCUT2D eigenvalue weighted by Gasteiger charge is 2.12. The first-order valence-electron chi connectivity index (χ1n) is 5.32. The van der Waals surface area contributed by atoms with E-state index in [9.17, 15) is 4.79 Å². The third-order valence-corrected chi connectivity index (χ3v) is 2.96. The summed E-state index contributed by atoms with van der Waals surface area (Å²) in [5.41, 5.74) is 4.48. The fourth-order valence-electron chi connectivity index (χ4n) is 1.96. The summed E-state index contributed by atoms with van der Waals surface area (Å²) in [4.78, 5) is 12.5. The molecule has 0 bridgehead atoms. The van der Waals surface area contributed by atoms with Crippen molar-refractivity contribution in [2.45, 2.75) is 20.8 Å². The normalized spacial score (nSPS) is 10.1. The molecule has 0 atom stereocenters. The van der Waals surface area contributed by atoms with Crippen LogP contribution in [0.25, 0.3) is 0 Å². The second-order valence-corrected chi connectivity index (χ2v) is 4.04. The van der Waals surface area contributed by atoms with Crippen LogP contribution in [0.1, 0.15) is 16.7 Å². The number of rotatable bonds is 4. The number of carbonyl (C=O) groups is 1. The van der Waals surface area contributed by atoms with Crippen molar-refractivity contribution in [3.05, 3.63) is 22.8 Å². The van der Waals surface area contributed by atoms with E-state index in [2.05, 4.69) is 6.07 Å². The van der Waals surface area contributed by atoms with Gasteiger partial charge in [-0.25, -0.2) is 0 Å². The van der Waals surface area contributed by atoms with Gasteiger partial charge in [0.15, 0.2) is 0 Å². The smallest absolute Gasteiger partial charge is 0.139 e. The number of anilines is 1. The molecular formula is C13H19NO2. The van der Waals surface area contributed by atoms with Gasteiger partial charge in [0, 0.05) is 12.7 Å². The molecule has 16 heavy (non-hydrogen) atoms. The quantitative estimate of drug-likeness (QED) is 0.730. The summed E-state index contributed by atoms with van der Waals surface area (Å²) in [5, 5.41) is 0. The summed E-state index contributed by atoms with van der Waals surface area (Å²) in [5.74, 6) is 0.931. The Hall–Kier alpha value is -1.51. The van der Waals surface area contributed by atoms with Crippen molar-refractivity contribution in [1.82, 2.24) is 0 Å². The van der Waals surface area contributed by atoms with Gasteiger partial charge in [-0.15, -0.1) is 0 Å². The zero-order chi connectivity index (χ0) is 12.3. The molecule has 0 amide bonds. The lowest BCUT2D eigenvalue weighted by molar-refractivity contribution is -0.106. The van der Waals surface area contributed by atoms with Crippen LogP contribution in [-0.4, -0.2) is 27.0 Å². The predicted molar refractivity (Wildman–Crippen MR) is 66.5 cm³/mol.